The van der Waals surface area contributed by atoms with Gasteiger partial charge in [-0.15, -0.1) is 10.2 Å². The Morgan fingerprint density at radius 3 is 2.56 bits per heavy atom. The molecule has 0 aliphatic rings. The molecule has 138 valence electrons. The van der Waals surface area contributed by atoms with Gasteiger partial charge in [0.2, 0.25) is 12.3 Å². The summed E-state index contributed by atoms with van der Waals surface area (Å²) in [5.41, 5.74) is 1.39. The van der Waals surface area contributed by atoms with E-state index in [0.29, 0.717) is 33.7 Å². The molecular formula is C19H15ClN2O5. The Kier molecular flexibility index (Phi) is 5.73. The molecule has 1 aromatic heterocycles. The number of halogens is 1. The van der Waals surface area contributed by atoms with Crippen molar-refractivity contribution in [3.05, 3.63) is 59.5 Å². The fourth-order valence-electron chi connectivity index (χ4n) is 2.31. The lowest BCUT2D eigenvalue weighted by Gasteiger charge is -2.10. The van der Waals surface area contributed by atoms with Gasteiger partial charge in [-0.05, 0) is 48.0 Å². The van der Waals surface area contributed by atoms with E-state index in [2.05, 4.69) is 10.2 Å². The molecule has 0 fully saturated rings. The van der Waals surface area contributed by atoms with E-state index in [9.17, 15) is 4.79 Å². The van der Waals surface area contributed by atoms with Crippen molar-refractivity contribution < 1.29 is 23.4 Å². The molecule has 0 radical (unpaired) electrons. The summed E-state index contributed by atoms with van der Waals surface area (Å²) in [6.45, 7) is 0. The second-order valence-corrected chi connectivity index (χ2v) is 5.67. The fraction of sp³-hybridized carbons (Fsp3) is 0.105. The quantitative estimate of drug-likeness (QED) is 0.359. The average molecular weight is 387 g/mol. The summed E-state index contributed by atoms with van der Waals surface area (Å²) in [6.07, 6.45) is 4.11. The molecule has 0 amide bonds. The predicted octanol–water partition coefficient (Wildman–Crippen LogP) is 4.03. The SMILES string of the molecule is COc1cc(C=CC(=O)Oc2ccc(-c3nnco3)cc2)cc(Cl)c1OC. The highest BCUT2D eigenvalue weighted by atomic mass is 35.5. The molecule has 0 saturated heterocycles. The highest BCUT2D eigenvalue weighted by Gasteiger charge is 2.10. The van der Waals surface area contributed by atoms with Gasteiger partial charge >= 0.3 is 5.97 Å². The molecule has 0 aliphatic heterocycles. The third-order valence-corrected chi connectivity index (χ3v) is 3.83. The minimum Gasteiger partial charge on any atom is -0.493 e. The number of benzene rings is 2. The van der Waals surface area contributed by atoms with Crippen molar-refractivity contribution in [2.24, 2.45) is 0 Å². The first-order valence-electron chi connectivity index (χ1n) is 7.78. The number of hydrogen-bond donors (Lipinski definition) is 0. The summed E-state index contributed by atoms with van der Waals surface area (Å²) < 4.78 is 20.8. The molecule has 0 aliphatic carbocycles. The topological polar surface area (TPSA) is 83.7 Å². The standard InChI is InChI=1S/C19H15ClN2O5/c1-24-16-10-12(9-15(20)18(16)25-2)3-8-17(23)27-14-6-4-13(5-7-14)19-22-21-11-26-19/h3-11H,1-2H3. The van der Waals surface area contributed by atoms with Crippen LogP contribution in [-0.2, 0) is 4.79 Å². The Morgan fingerprint density at radius 1 is 1.15 bits per heavy atom. The zero-order valence-corrected chi connectivity index (χ0v) is 15.3. The van der Waals surface area contributed by atoms with Gasteiger partial charge < -0.3 is 18.6 Å². The number of methoxy groups -OCH3 is 2. The number of aromatic nitrogens is 2. The van der Waals surface area contributed by atoms with E-state index in [-0.39, 0.29) is 0 Å². The number of carbonyl (C=O) groups excluding carboxylic acids is 1. The molecule has 27 heavy (non-hydrogen) atoms. The van der Waals surface area contributed by atoms with Gasteiger partial charge in [-0.25, -0.2) is 4.79 Å². The van der Waals surface area contributed by atoms with Gasteiger partial charge in [0.15, 0.2) is 11.5 Å². The molecule has 3 rings (SSSR count). The van der Waals surface area contributed by atoms with Gasteiger partial charge in [-0.3, -0.25) is 0 Å². The number of nitrogens with zero attached hydrogens (tertiary/aromatic N) is 2. The van der Waals surface area contributed by atoms with Crippen molar-refractivity contribution in [3.63, 3.8) is 0 Å². The van der Waals surface area contributed by atoms with Crippen LogP contribution in [0.15, 0.2) is 53.3 Å². The van der Waals surface area contributed by atoms with Crippen LogP contribution in [0.4, 0.5) is 0 Å². The van der Waals surface area contributed by atoms with Crippen LogP contribution in [0.2, 0.25) is 5.02 Å². The van der Waals surface area contributed by atoms with E-state index in [0.717, 1.165) is 5.56 Å². The molecular weight excluding hydrogens is 372 g/mol. The minimum absolute atomic E-state index is 0.376. The number of carbonyl (C=O) groups is 1. The molecule has 3 aromatic rings. The van der Waals surface area contributed by atoms with Gasteiger partial charge in [-0.2, -0.15) is 0 Å². The maximum atomic E-state index is 12.0. The molecule has 8 heteroatoms. The molecule has 2 aromatic carbocycles. The highest BCUT2D eigenvalue weighted by Crippen LogP contribution is 2.36. The van der Waals surface area contributed by atoms with Gasteiger partial charge in [0.05, 0.1) is 19.2 Å². The lowest BCUT2D eigenvalue weighted by molar-refractivity contribution is -0.128. The van der Waals surface area contributed by atoms with Crippen molar-refractivity contribution in [1.82, 2.24) is 10.2 Å². The Bertz CT molecular complexity index is 953. The summed E-state index contributed by atoms with van der Waals surface area (Å²) in [5, 5.41) is 7.80. The summed E-state index contributed by atoms with van der Waals surface area (Å²) >= 11 is 6.14. The summed E-state index contributed by atoms with van der Waals surface area (Å²) in [4.78, 5) is 12.0. The zero-order chi connectivity index (χ0) is 19.2. The zero-order valence-electron chi connectivity index (χ0n) is 14.5. The molecule has 0 N–H and O–H groups in total. The summed E-state index contributed by atoms with van der Waals surface area (Å²) in [5.74, 6) is 1.14. The number of ether oxygens (including phenoxy) is 3. The van der Waals surface area contributed by atoms with E-state index >= 15 is 0 Å². The molecule has 0 spiro atoms. The number of hydrogen-bond acceptors (Lipinski definition) is 7. The Labute approximate surface area is 160 Å². The van der Waals surface area contributed by atoms with Crippen molar-refractivity contribution in [2.45, 2.75) is 0 Å². The van der Waals surface area contributed by atoms with Gasteiger partial charge in [-0.1, -0.05) is 11.6 Å². The second kappa shape index (κ2) is 8.37. The van der Waals surface area contributed by atoms with Gasteiger partial charge in [0, 0.05) is 11.6 Å². The van der Waals surface area contributed by atoms with Crippen LogP contribution in [0, 0.1) is 0 Å². The monoisotopic (exact) mass is 386 g/mol. The molecule has 1 heterocycles. The van der Waals surface area contributed by atoms with Crippen molar-refractivity contribution in [1.29, 1.82) is 0 Å². The van der Waals surface area contributed by atoms with Crippen LogP contribution in [0.3, 0.4) is 0 Å². The minimum atomic E-state index is -0.536. The number of esters is 1. The van der Waals surface area contributed by atoms with E-state index in [1.807, 2.05) is 0 Å². The second-order valence-electron chi connectivity index (χ2n) is 5.26. The third-order valence-electron chi connectivity index (χ3n) is 3.55. The summed E-state index contributed by atoms with van der Waals surface area (Å²) in [6, 6.07) is 10.1. The van der Waals surface area contributed by atoms with Crippen LogP contribution in [-0.4, -0.2) is 30.4 Å². The van der Waals surface area contributed by atoms with Crippen molar-refractivity contribution >= 4 is 23.6 Å². The largest absolute Gasteiger partial charge is 0.493 e. The molecule has 0 saturated carbocycles. The lowest BCUT2D eigenvalue weighted by Crippen LogP contribution is -2.03. The molecule has 0 bridgehead atoms. The Balaban J connectivity index is 1.68. The van der Waals surface area contributed by atoms with E-state index in [4.69, 9.17) is 30.2 Å². The Morgan fingerprint density at radius 2 is 1.93 bits per heavy atom. The first kappa shape index (κ1) is 18.5. The fourth-order valence-corrected chi connectivity index (χ4v) is 2.61. The van der Waals surface area contributed by atoms with E-state index in [1.165, 1.54) is 26.7 Å². The molecule has 7 nitrogen and oxygen atoms in total. The molecule has 0 atom stereocenters. The maximum Gasteiger partial charge on any atom is 0.336 e. The lowest BCUT2D eigenvalue weighted by atomic mass is 10.2. The molecule has 0 unspecified atom stereocenters. The first-order chi connectivity index (χ1) is 13.1. The van der Waals surface area contributed by atoms with Gasteiger partial charge in [0.25, 0.3) is 0 Å². The van der Waals surface area contributed by atoms with Crippen LogP contribution in [0.1, 0.15) is 5.56 Å². The smallest absolute Gasteiger partial charge is 0.336 e. The maximum absolute atomic E-state index is 12.0. The van der Waals surface area contributed by atoms with Crippen LogP contribution < -0.4 is 14.2 Å². The van der Waals surface area contributed by atoms with Crippen LogP contribution in [0.5, 0.6) is 17.2 Å². The van der Waals surface area contributed by atoms with Crippen molar-refractivity contribution in [2.75, 3.05) is 14.2 Å². The van der Waals surface area contributed by atoms with Crippen LogP contribution >= 0.6 is 11.6 Å². The van der Waals surface area contributed by atoms with E-state index < -0.39 is 5.97 Å². The van der Waals surface area contributed by atoms with Crippen LogP contribution in [0.25, 0.3) is 17.5 Å². The first-order valence-corrected chi connectivity index (χ1v) is 8.16. The third kappa shape index (κ3) is 4.45. The normalized spacial score (nSPS) is 10.8. The summed E-state index contributed by atoms with van der Waals surface area (Å²) in [7, 11) is 3.01. The van der Waals surface area contributed by atoms with Gasteiger partial charge in [0.1, 0.15) is 5.75 Å². The van der Waals surface area contributed by atoms with E-state index in [1.54, 1.807) is 42.5 Å². The average Bonchev–Trinajstić information content (AvgIpc) is 3.21. The Hall–Kier alpha value is -3.32. The number of rotatable bonds is 6. The highest BCUT2D eigenvalue weighted by molar-refractivity contribution is 6.32. The predicted molar refractivity (Wildman–Crippen MR) is 99.0 cm³/mol. The van der Waals surface area contributed by atoms with Crippen molar-refractivity contribution in [3.8, 4) is 28.7 Å².